The molecule has 1 radical (unpaired) electrons. The Morgan fingerprint density at radius 2 is 1.37 bits per heavy atom. The van der Waals surface area contributed by atoms with Crippen LogP contribution in [0.2, 0.25) is 0 Å². The number of nitrogens with zero attached hydrogens (tertiary/aromatic N) is 5. The van der Waals surface area contributed by atoms with Gasteiger partial charge >= 0.3 is 6.98 Å². The molecule has 3 aromatic heterocycles. The molecule has 6 aromatic carbocycles. The third-order valence-electron chi connectivity index (χ3n) is 13.0. The molecule has 11 rings (SSSR count). The minimum atomic E-state index is -2.23. The van der Waals surface area contributed by atoms with Crippen LogP contribution in [0.4, 0.5) is 22.9 Å². The molecule has 0 unspecified atom stereocenters. The molecule has 0 bridgehead atoms. The second-order valence-electron chi connectivity index (χ2n) is 16.8. The van der Waals surface area contributed by atoms with E-state index in [2.05, 4.69) is 147 Å². The maximum atomic E-state index is 8.30. The fourth-order valence-corrected chi connectivity index (χ4v) is 9.52. The van der Waals surface area contributed by atoms with E-state index in [1.54, 1.807) is 6.07 Å². The molecule has 0 atom stereocenters. The molecule has 0 saturated carbocycles. The molecule has 9 aromatic rings. The number of anilines is 4. The molecule has 0 aliphatic carbocycles. The van der Waals surface area contributed by atoms with E-state index < -0.39 is 6.85 Å². The summed E-state index contributed by atoms with van der Waals surface area (Å²) in [6.07, 6.45) is 1.85. The van der Waals surface area contributed by atoms with Gasteiger partial charge in [-0.05, 0) is 61.4 Å². The molecular formula is C53H46BIrN5-2. The fraction of sp³-hybridized carbons (Fsp3) is 0.170. The summed E-state index contributed by atoms with van der Waals surface area (Å²) < 4.78 is 27.1. The number of pyridine rings is 2. The van der Waals surface area contributed by atoms with Crippen LogP contribution in [0.5, 0.6) is 0 Å². The molecule has 0 amide bonds. The molecule has 0 fully saturated rings. The van der Waals surface area contributed by atoms with E-state index in [1.807, 2.05) is 66.9 Å². The molecule has 2 aliphatic heterocycles. The van der Waals surface area contributed by atoms with Gasteiger partial charge in [-0.3, -0.25) is 4.98 Å². The quantitative estimate of drug-likeness (QED) is 0.100. The predicted octanol–water partition coefficient (Wildman–Crippen LogP) is 12.2. The summed E-state index contributed by atoms with van der Waals surface area (Å²) in [6.45, 7) is 11.2. The fourth-order valence-electron chi connectivity index (χ4n) is 9.52. The average molecular weight is 959 g/mol. The number of aryl methyl sites for hydroxylation is 3. The van der Waals surface area contributed by atoms with Crippen molar-refractivity contribution < 1.29 is 24.2 Å². The van der Waals surface area contributed by atoms with Gasteiger partial charge in [-0.2, -0.15) is 18.2 Å². The van der Waals surface area contributed by atoms with Gasteiger partial charge in [0.15, 0.2) is 0 Å². The van der Waals surface area contributed by atoms with Gasteiger partial charge in [0.25, 0.3) is 0 Å². The monoisotopic (exact) mass is 959 g/mol. The Balaban J connectivity index is 0.000000159. The molecule has 5 heterocycles. The summed E-state index contributed by atoms with van der Waals surface area (Å²) in [6, 6.07) is 56.1. The van der Waals surface area contributed by atoms with Crippen LogP contribution in [0.15, 0.2) is 152 Å². The second kappa shape index (κ2) is 14.9. The number of hydrogen-bond acceptors (Lipinski definition) is 4. The van der Waals surface area contributed by atoms with Crippen molar-refractivity contribution in [2.24, 2.45) is 0 Å². The van der Waals surface area contributed by atoms with Crippen LogP contribution in [0.3, 0.4) is 0 Å². The maximum absolute atomic E-state index is 8.30. The summed E-state index contributed by atoms with van der Waals surface area (Å²) in [5.41, 5.74) is 13.1. The first kappa shape index (κ1) is 35.9. The Morgan fingerprint density at radius 3 is 2.08 bits per heavy atom. The first-order valence-electron chi connectivity index (χ1n) is 21.8. The van der Waals surface area contributed by atoms with Crippen LogP contribution in [-0.2, 0) is 30.9 Å². The van der Waals surface area contributed by atoms with E-state index in [1.165, 1.54) is 16.6 Å². The van der Waals surface area contributed by atoms with Crippen LogP contribution in [0, 0.1) is 32.8 Å². The van der Waals surface area contributed by atoms with E-state index in [4.69, 9.17) is 14.1 Å². The molecule has 5 nitrogen and oxygen atoms in total. The molecule has 0 saturated heterocycles. The van der Waals surface area contributed by atoms with Crippen molar-refractivity contribution >= 4 is 62.6 Å². The molecule has 2 aliphatic rings. The number of aromatic nitrogens is 3. The summed E-state index contributed by atoms with van der Waals surface area (Å²) in [5.74, 6) is 0.919. The number of rotatable bonds is 4. The minimum absolute atomic E-state index is 0. The number of fused-ring (bicyclic) bond motifs is 4. The number of hydrogen-bond donors (Lipinski definition) is 0. The molecule has 0 spiro atoms. The van der Waals surface area contributed by atoms with Crippen molar-refractivity contribution in [3.05, 3.63) is 192 Å². The standard InChI is InChI=1S/C28H25N2.C25H21BN3.Ir/c1-17-15-16-21-24-22(17)19-13-9-10-14-20(19)26-29-23(18-11-7-6-8-12-18)25(30(24)26)28(4,5)27(21,2)3;1-19-11-10-12-20(2)25(19)26-28(21-13-4-3-5-14-21)22-15-6-7-16-23(22)29(26)24-17-8-9-18-27-24;/h6-13,15-16H,1-5H3;3-15,17-18H,1-2H3;/q2*-1;/i1D3;;. The van der Waals surface area contributed by atoms with Crippen LogP contribution in [0.25, 0.3) is 38.6 Å². The number of para-hydroxylation sites is 2. The summed E-state index contributed by atoms with van der Waals surface area (Å²) in [4.78, 5) is 14.6. The van der Waals surface area contributed by atoms with Crippen molar-refractivity contribution in [2.75, 3.05) is 9.62 Å². The molecule has 7 heteroatoms. The van der Waals surface area contributed by atoms with E-state index in [9.17, 15) is 0 Å². The van der Waals surface area contributed by atoms with Crippen LogP contribution in [-0.4, -0.2) is 21.4 Å². The van der Waals surface area contributed by atoms with Gasteiger partial charge in [0.05, 0.1) is 11.3 Å². The first-order valence-corrected chi connectivity index (χ1v) is 20.3. The van der Waals surface area contributed by atoms with E-state index in [0.29, 0.717) is 5.56 Å². The zero-order chi connectivity index (χ0) is 43.1. The molecule has 297 valence electrons. The van der Waals surface area contributed by atoms with E-state index in [-0.39, 0.29) is 37.9 Å². The molecule has 60 heavy (non-hydrogen) atoms. The van der Waals surface area contributed by atoms with Gasteiger partial charge in [-0.1, -0.05) is 146 Å². The second-order valence-corrected chi connectivity index (χ2v) is 16.8. The minimum Gasteiger partial charge on any atom is -0.415 e. The Kier molecular flexibility index (Phi) is 8.93. The summed E-state index contributed by atoms with van der Waals surface area (Å²) in [5, 5.41) is 2.53. The largest absolute Gasteiger partial charge is 0.415 e. The number of imidazole rings is 1. The summed E-state index contributed by atoms with van der Waals surface area (Å²) >= 11 is 0. The van der Waals surface area contributed by atoms with Gasteiger partial charge in [-0.25, -0.2) is 4.98 Å². The maximum Gasteiger partial charge on any atom is 0.409 e. The Morgan fingerprint density at radius 1 is 0.667 bits per heavy atom. The van der Waals surface area contributed by atoms with Crippen molar-refractivity contribution in [3.63, 3.8) is 0 Å². The molecular weight excluding hydrogens is 910 g/mol. The van der Waals surface area contributed by atoms with Crippen molar-refractivity contribution in [1.29, 1.82) is 0 Å². The van der Waals surface area contributed by atoms with Gasteiger partial charge in [0.1, 0.15) is 5.82 Å². The zero-order valence-electron chi connectivity index (χ0n) is 37.6. The third-order valence-corrected chi connectivity index (χ3v) is 13.0. The smallest absolute Gasteiger partial charge is 0.409 e. The van der Waals surface area contributed by atoms with Crippen LogP contribution >= 0.6 is 0 Å². The molecule has 0 N–H and O–H groups in total. The van der Waals surface area contributed by atoms with Crippen LogP contribution in [0.1, 0.15) is 59.8 Å². The third kappa shape index (κ3) is 5.85. The Bertz CT molecular complexity index is 3080. The summed E-state index contributed by atoms with van der Waals surface area (Å²) in [7, 11) is 0. The SMILES string of the molecule is Cc1cccc(C)c1B1N(c2ccccn2)c2[c-]cccc2N1c1ccccc1.[2H]C([2H])([2H])c1ccc2c3c1c1ccc[c-]c1c1nc(-c4ccccc4)c(n13)C(C)(C)C2(C)C.[Ir]. The van der Waals surface area contributed by atoms with Gasteiger partial charge in [-0.15, -0.1) is 35.7 Å². The topological polar surface area (TPSA) is 36.7 Å². The van der Waals surface area contributed by atoms with Gasteiger partial charge in [0.2, 0.25) is 0 Å². The van der Waals surface area contributed by atoms with E-state index in [0.717, 1.165) is 72.7 Å². The van der Waals surface area contributed by atoms with Crippen molar-refractivity contribution in [1.82, 2.24) is 14.4 Å². The van der Waals surface area contributed by atoms with Crippen molar-refractivity contribution in [3.8, 4) is 11.3 Å². The number of benzene rings is 6. The van der Waals surface area contributed by atoms with Gasteiger partial charge < -0.3 is 14.0 Å². The van der Waals surface area contributed by atoms with Crippen molar-refractivity contribution in [2.45, 2.75) is 59.2 Å². The average Bonchev–Trinajstić information content (AvgIpc) is 3.85. The van der Waals surface area contributed by atoms with Crippen LogP contribution < -0.4 is 15.1 Å². The van der Waals surface area contributed by atoms with Gasteiger partial charge in [0, 0.05) is 63.7 Å². The predicted molar refractivity (Wildman–Crippen MR) is 247 cm³/mol. The Hall–Kier alpha value is -6.01. The normalized spacial score (nSPS) is 15.6. The van der Waals surface area contributed by atoms with E-state index >= 15 is 0 Å². The zero-order valence-corrected chi connectivity index (χ0v) is 37.0. The first-order chi connectivity index (χ1) is 29.8. The Labute approximate surface area is 371 Å².